The van der Waals surface area contributed by atoms with Gasteiger partial charge in [-0.3, -0.25) is 9.69 Å². The van der Waals surface area contributed by atoms with Crippen molar-refractivity contribution in [2.45, 2.75) is 5.92 Å². The van der Waals surface area contributed by atoms with Crippen LogP contribution in [-0.4, -0.2) is 37.0 Å². The first-order valence-electron chi connectivity index (χ1n) is 11.5. The van der Waals surface area contributed by atoms with E-state index in [0.717, 1.165) is 14.2 Å². The van der Waals surface area contributed by atoms with Gasteiger partial charge in [-0.25, -0.2) is 14.6 Å². The van der Waals surface area contributed by atoms with Crippen LogP contribution >= 0.6 is 11.6 Å². The monoisotopic (exact) mass is 543 g/mol. The van der Waals surface area contributed by atoms with Crippen LogP contribution in [-0.2, 0) is 19.1 Å². The summed E-state index contributed by atoms with van der Waals surface area (Å²) >= 11 is 6.10. The molecule has 0 bridgehead atoms. The number of methoxy groups -OCH3 is 2. The third-order valence-electron chi connectivity index (χ3n) is 6.01. The number of para-hydroxylation sites is 2. The molecule has 11 heteroatoms. The quantitative estimate of drug-likeness (QED) is 0.349. The van der Waals surface area contributed by atoms with E-state index in [1.807, 2.05) is 0 Å². The third kappa shape index (κ3) is 5.03. The van der Waals surface area contributed by atoms with Gasteiger partial charge in [-0.2, -0.15) is 5.26 Å². The molecule has 3 N–H and O–H groups in total. The van der Waals surface area contributed by atoms with Crippen molar-refractivity contribution in [3.8, 4) is 6.07 Å². The number of hydrogen-bond donors (Lipinski definition) is 2. The van der Waals surface area contributed by atoms with Crippen LogP contribution in [0.25, 0.3) is 0 Å². The topological polar surface area (TPSA) is 148 Å². The molecule has 0 radical (unpaired) electrons. The van der Waals surface area contributed by atoms with E-state index in [2.05, 4.69) is 16.4 Å². The average molecular weight is 544 g/mol. The minimum Gasteiger partial charge on any atom is -0.466 e. The molecule has 2 aromatic carbocycles. The maximum absolute atomic E-state index is 13.3. The molecule has 0 aliphatic carbocycles. The van der Waals surface area contributed by atoms with E-state index in [0.29, 0.717) is 5.56 Å². The van der Waals surface area contributed by atoms with Gasteiger partial charge in [-0.05, 0) is 29.8 Å². The smallest absolute Gasteiger partial charge is 0.355 e. The zero-order chi connectivity index (χ0) is 28.1. The van der Waals surface area contributed by atoms with Gasteiger partial charge in [0.15, 0.2) is 0 Å². The molecule has 1 unspecified atom stereocenters. The number of esters is 2. The Morgan fingerprint density at radius 3 is 2.31 bits per heavy atom. The Morgan fingerprint density at radius 1 is 1.00 bits per heavy atom. The molecule has 1 aromatic heterocycles. The maximum atomic E-state index is 13.3. The first-order valence-corrected chi connectivity index (χ1v) is 11.9. The summed E-state index contributed by atoms with van der Waals surface area (Å²) in [5.41, 5.74) is 7.16. The Balaban J connectivity index is 1.97. The highest BCUT2D eigenvalue weighted by Gasteiger charge is 2.43. The number of nitrogens with two attached hydrogens (primary N) is 1. The van der Waals surface area contributed by atoms with E-state index in [9.17, 15) is 19.6 Å². The number of allylic oxidation sites excluding steroid dienone is 1. The van der Waals surface area contributed by atoms with Crippen molar-refractivity contribution >= 4 is 40.8 Å². The fourth-order valence-electron chi connectivity index (χ4n) is 4.28. The first kappa shape index (κ1) is 26.9. The van der Waals surface area contributed by atoms with Crippen molar-refractivity contribution in [2.24, 2.45) is 5.73 Å². The second-order valence-electron chi connectivity index (χ2n) is 8.15. The number of benzene rings is 2. The Labute approximate surface area is 228 Å². The number of anilines is 2. The molecule has 39 heavy (non-hydrogen) atoms. The zero-order valence-electron chi connectivity index (χ0n) is 20.8. The molecule has 0 fully saturated rings. The minimum atomic E-state index is -1.02. The molecule has 1 aliphatic heterocycles. The van der Waals surface area contributed by atoms with Gasteiger partial charge in [-0.15, -0.1) is 0 Å². The number of carbonyl (C=O) groups is 3. The van der Waals surface area contributed by atoms with Gasteiger partial charge in [0.1, 0.15) is 16.7 Å². The molecular weight excluding hydrogens is 522 g/mol. The molecule has 1 amide bonds. The lowest BCUT2D eigenvalue weighted by molar-refractivity contribution is -0.139. The van der Waals surface area contributed by atoms with Gasteiger partial charge in [0.2, 0.25) is 0 Å². The lowest BCUT2D eigenvalue weighted by Crippen LogP contribution is -2.41. The molecule has 1 aliphatic rings. The van der Waals surface area contributed by atoms with Crippen LogP contribution in [0.1, 0.15) is 21.8 Å². The number of nitriles is 1. The molecule has 1 atom stereocenters. The second kappa shape index (κ2) is 11.5. The van der Waals surface area contributed by atoms with E-state index >= 15 is 0 Å². The zero-order valence-corrected chi connectivity index (χ0v) is 21.6. The number of rotatable bonds is 6. The third-order valence-corrected chi connectivity index (χ3v) is 6.31. The SMILES string of the molecule is COC(=O)C1=C(C(=O)OC)N(c2ccccc2NC(=O)c2cccnc2Cl)C(N)=C(C#N)C1c1ccccc1. The first-order chi connectivity index (χ1) is 18.8. The predicted molar refractivity (Wildman–Crippen MR) is 143 cm³/mol. The minimum absolute atomic E-state index is 0.00862. The number of halogens is 1. The number of carbonyl (C=O) groups excluding carboxylic acids is 3. The van der Waals surface area contributed by atoms with Crippen LogP contribution in [0.5, 0.6) is 0 Å². The largest absolute Gasteiger partial charge is 0.466 e. The van der Waals surface area contributed by atoms with Crippen molar-refractivity contribution in [3.63, 3.8) is 0 Å². The molecule has 10 nitrogen and oxygen atoms in total. The van der Waals surface area contributed by atoms with Gasteiger partial charge >= 0.3 is 11.9 Å². The fraction of sp³-hybridized carbons (Fsp3) is 0.107. The lowest BCUT2D eigenvalue weighted by atomic mass is 9.81. The summed E-state index contributed by atoms with van der Waals surface area (Å²) in [5.74, 6) is -3.52. The van der Waals surface area contributed by atoms with Gasteiger partial charge in [0.05, 0.1) is 54.3 Å². The van der Waals surface area contributed by atoms with E-state index in [1.165, 1.54) is 17.2 Å². The molecule has 196 valence electrons. The van der Waals surface area contributed by atoms with Crippen molar-refractivity contribution in [1.82, 2.24) is 4.98 Å². The van der Waals surface area contributed by atoms with E-state index < -0.39 is 23.8 Å². The van der Waals surface area contributed by atoms with Crippen LogP contribution in [0.2, 0.25) is 5.15 Å². The molecule has 0 saturated heterocycles. The normalized spacial score (nSPS) is 14.9. The highest BCUT2D eigenvalue weighted by atomic mass is 35.5. The molecule has 2 heterocycles. The van der Waals surface area contributed by atoms with Gasteiger partial charge in [0.25, 0.3) is 5.91 Å². The summed E-state index contributed by atoms with van der Waals surface area (Å²) < 4.78 is 10.1. The summed E-state index contributed by atoms with van der Waals surface area (Å²) in [7, 11) is 2.31. The average Bonchev–Trinajstić information content (AvgIpc) is 2.96. The fourth-order valence-corrected chi connectivity index (χ4v) is 4.49. The number of nitrogens with zero attached hydrogens (tertiary/aromatic N) is 3. The van der Waals surface area contributed by atoms with Gasteiger partial charge < -0.3 is 20.5 Å². The highest BCUT2D eigenvalue weighted by Crippen LogP contribution is 2.44. The van der Waals surface area contributed by atoms with Crippen LogP contribution in [0.3, 0.4) is 0 Å². The van der Waals surface area contributed by atoms with E-state index in [4.69, 9.17) is 26.8 Å². The molecule has 3 aromatic rings. The highest BCUT2D eigenvalue weighted by molar-refractivity contribution is 6.33. The predicted octanol–water partition coefficient (Wildman–Crippen LogP) is 3.89. The molecule has 4 rings (SSSR count). The van der Waals surface area contributed by atoms with Crippen LogP contribution in [0, 0.1) is 11.3 Å². The lowest BCUT2D eigenvalue weighted by Gasteiger charge is -2.36. The van der Waals surface area contributed by atoms with Crippen LogP contribution in [0.4, 0.5) is 11.4 Å². The van der Waals surface area contributed by atoms with E-state index in [-0.39, 0.29) is 44.8 Å². The van der Waals surface area contributed by atoms with Gasteiger partial charge in [-0.1, -0.05) is 54.1 Å². The molecular formula is C28H22ClN5O5. The van der Waals surface area contributed by atoms with Crippen molar-refractivity contribution in [3.05, 3.63) is 112 Å². The maximum Gasteiger partial charge on any atom is 0.355 e. The number of pyridine rings is 1. The van der Waals surface area contributed by atoms with E-state index in [1.54, 1.807) is 60.7 Å². The number of nitrogens with one attached hydrogen (secondary N) is 1. The molecule has 0 spiro atoms. The van der Waals surface area contributed by atoms with Crippen LogP contribution in [0.15, 0.2) is 95.6 Å². The van der Waals surface area contributed by atoms with Crippen molar-refractivity contribution < 1.29 is 23.9 Å². The van der Waals surface area contributed by atoms with Crippen molar-refractivity contribution in [2.75, 3.05) is 24.4 Å². The van der Waals surface area contributed by atoms with Crippen LogP contribution < -0.4 is 16.0 Å². The summed E-state index contributed by atoms with van der Waals surface area (Å²) in [6, 6.07) is 20.2. The standard InChI is InChI=1S/C28H22ClN5O5/c1-38-27(36)22-21(16-9-4-3-5-10-16)18(15-30)25(31)34(23(22)28(37)39-2)20-13-7-6-12-19(20)33-26(35)17-11-8-14-32-24(17)29/h3-14,21H,31H2,1-2H3,(H,33,35). The summed E-state index contributed by atoms with van der Waals surface area (Å²) in [6.07, 6.45) is 1.45. The Hall–Kier alpha value is -5.14. The summed E-state index contributed by atoms with van der Waals surface area (Å²) in [4.78, 5) is 44.7. The summed E-state index contributed by atoms with van der Waals surface area (Å²) in [6.45, 7) is 0. The number of ether oxygens (including phenoxy) is 2. The molecule has 0 saturated carbocycles. The Kier molecular flexibility index (Phi) is 7.93. The van der Waals surface area contributed by atoms with Crippen molar-refractivity contribution in [1.29, 1.82) is 5.26 Å². The Morgan fingerprint density at radius 2 is 1.67 bits per heavy atom. The number of hydrogen-bond acceptors (Lipinski definition) is 9. The summed E-state index contributed by atoms with van der Waals surface area (Å²) in [5, 5.41) is 12.9. The Bertz CT molecular complexity index is 1560. The van der Waals surface area contributed by atoms with Gasteiger partial charge in [0, 0.05) is 6.20 Å². The number of amides is 1. The second-order valence-corrected chi connectivity index (χ2v) is 8.51. The number of aromatic nitrogens is 1.